The molecule has 1 fully saturated rings. The van der Waals surface area contributed by atoms with Crippen LogP contribution in [-0.2, 0) is 4.74 Å². The smallest absolute Gasteiger partial charge is 0.251 e. The number of carbonyl (C=O) groups excluding carboxylic acids is 1. The van der Waals surface area contributed by atoms with Gasteiger partial charge in [0.25, 0.3) is 5.91 Å². The molecule has 1 unspecified atom stereocenters. The molecular formula is C13H17NO4. The maximum Gasteiger partial charge on any atom is 0.251 e. The third-order valence-electron chi connectivity index (χ3n) is 3.03. The lowest BCUT2D eigenvalue weighted by molar-refractivity contribution is 0.0949. The molecule has 0 saturated carbocycles. The minimum absolute atomic E-state index is 0.121. The average molecular weight is 251 g/mol. The highest BCUT2D eigenvalue weighted by atomic mass is 16.5. The van der Waals surface area contributed by atoms with Crippen LogP contribution in [0.3, 0.4) is 0 Å². The molecule has 0 bridgehead atoms. The summed E-state index contributed by atoms with van der Waals surface area (Å²) in [6.45, 7) is 2.14. The van der Waals surface area contributed by atoms with E-state index in [-0.39, 0.29) is 23.0 Å². The first-order valence-electron chi connectivity index (χ1n) is 6.04. The Hall–Kier alpha value is -1.75. The molecule has 0 radical (unpaired) electrons. The van der Waals surface area contributed by atoms with Gasteiger partial charge in [-0.3, -0.25) is 4.79 Å². The minimum atomic E-state index is -0.292. The lowest BCUT2D eigenvalue weighted by atomic mass is 10.1. The van der Waals surface area contributed by atoms with Crippen LogP contribution in [0.4, 0.5) is 0 Å². The van der Waals surface area contributed by atoms with E-state index in [9.17, 15) is 15.0 Å². The number of amides is 1. The Bertz CT molecular complexity index is 407. The summed E-state index contributed by atoms with van der Waals surface area (Å²) in [6.07, 6.45) is 1.93. The predicted octanol–water partition coefficient (Wildman–Crippen LogP) is 1.25. The third kappa shape index (κ3) is 3.37. The van der Waals surface area contributed by atoms with Gasteiger partial charge in [0.1, 0.15) is 11.5 Å². The molecule has 1 aromatic carbocycles. The van der Waals surface area contributed by atoms with Crippen LogP contribution < -0.4 is 5.32 Å². The minimum Gasteiger partial charge on any atom is -0.508 e. The summed E-state index contributed by atoms with van der Waals surface area (Å²) in [5.74, 6) is -0.0170. The van der Waals surface area contributed by atoms with Crippen molar-refractivity contribution in [1.29, 1.82) is 0 Å². The van der Waals surface area contributed by atoms with E-state index in [0.29, 0.717) is 12.5 Å². The zero-order valence-electron chi connectivity index (χ0n) is 10.1. The Kier molecular flexibility index (Phi) is 4.04. The molecule has 1 heterocycles. The third-order valence-corrected chi connectivity index (χ3v) is 3.03. The first kappa shape index (κ1) is 12.7. The molecule has 0 aliphatic carbocycles. The highest BCUT2D eigenvalue weighted by Crippen LogP contribution is 2.20. The number of rotatable bonds is 4. The molecule has 1 atom stereocenters. The van der Waals surface area contributed by atoms with Gasteiger partial charge in [-0.05, 0) is 30.9 Å². The van der Waals surface area contributed by atoms with Crippen molar-refractivity contribution in [2.24, 2.45) is 5.92 Å². The fraction of sp³-hybridized carbons (Fsp3) is 0.462. The largest absolute Gasteiger partial charge is 0.508 e. The van der Waals surface area contributed by atoms with E-state index in [1.807, 2.05) is 0 Å². The average Bonchev–Trinajstić information content (AvgIpc) is 2.80. The molecule has 1 aliphatic rings. The number of benzene rings is 1. The van der Waals surface area contributed by atoms with Crippen LogP contribution in [-0.4, -0.2) is 35.9 Å². The van der Waals surface area contributed by atoms with Crippen LogP contribution in [0.25, 0.3) is 0 Å². The second-order valence-corrected chi connectivity index (χ2v) is 4.51. The molecule has 3 N–H and O–H groups in total. The summed E-state index contributed by atoms with van der Waals surface area (Å²) in [5.41, 5.74) is 0.259. The van der Waals surface area contributed by atoms with Gasteiger partial charge in [-0.25, -0.2) is 0 Å². The van der Waals surface area contributed by atoms with Crippen molar-refractivity contribution in [2.75, 3.05) is 19.8 Å². The van der Waals surface area contributed by atoms with Gasteiger partial charge < -0.3 is 20.3 Å². The molecule has 1 saturated heterocycles. The summed E-state index contributed by atoms with van der Waals surface area (Å²) < 4.78 is 5.25. The van der Waals surface area contributed by atoms with Gasteiger partial charge in [-0.15, -0.1) is 0 Å². The lowest BCUT2D eigenvalue weighted by Crippen LogP contribution is -2.26. The first-order valence-corrected chi connectivity index (χ1v) is 6.04. The standard InChI is InChI=1S/C13H17NO4/c15-11-5-10(6-12(16)7-11)13(17)14-3-1-9-2-4-18-8-9/h5-7,9,15-16H,1-4,8H2,(H,14,17). The van der Waals surface area contributed by atoms with E-state index >= 15 is 0 Å². The van der Waals surface area contributed by atoms with Gasteiger partial charge in [0.2, 0.25) is 0 Å². The summed E-state index contributed by atoms with van der Waals surface area (Å²) in [6, 6.07) is 3.84. The number of nitrogens with one attached hydrogen (secondary N) is 1. The van der Waals surface area contributed by atoms with Crippen LogP contribution in [0.1, 0.15) is 23.2 Å². The highest BCUT2D eigenvalue weighted by Gasteiger charge is 2.15. The number of phenols is 2. The second kappa shape index (κ2) is 5.73. The Labute approximate surface area is 105 Å². The molecule has 18 heavy (non-hydrogen) atoms. The van der Waals surface area contributed by atoms with Crippen molar-refractivity contribution >= 4 is 5.91 Å². The van der Waals surface area contributed by atoms with Crippen molar-refractivity contribution in [3.63, 3.8) is 0 Å². The van der Waals surface area contributed by atoms with Crippen molar-refractivity contribution < 1.29 is 19.7 Å². The van der Waals surface area contributed by atoms with Gasteiger partial charge in [0.05, 0.1) is 0 Å². The molecular weight excluding hydrogens is 234 g/mol. The molecule has 98 valence electrons. The van der Waals surface area contributed by atoms with Gasteiger partial charge in [0.15, 0.2) is 0 Å². The van der Waals surface area contributed by atoms with E-state index in [0.717, 1.165) is 26.1 Å². The number of hydrogen-bond donors (Lipinski definition) is 3. The highest BCUT2D eigenvalue weighted by molar-refractivity contribution is 5.95. The van der Waals surface area contributed by atoms with E-state index < -0.39 is 0 Å². The van der Waals surface area contributed by atoms with E-state index in [4.69, 9.17) is 4.74 Å². The molecule has 0 aromatic heterocycles. The molecule has 0 spiro atoms. The zero-order chi connectivity index (χ0) is 13.0. The molecule has 2 rings (SSSR count). The van der Waals surface area contributed by atoms with Crippen LogP contribution >= 0.6 is 0 Å². The maximum absolute atomic E-state index is 11.8. The normalized spacial score (nSPS) is 18.8. The van der Waals surface area contributed by atoms with E-state index in [2.05, 4.69) is 5.32 Å². The van der Waals surface area contributed by atoms with Gasteiger partial charge in [0, 0.05) is 31.4 Å². The molecule has 5 nitrogen and oxygen atoms in total. The van der Waals surface area contributed by atoms with Crippen LogP contribution in [0.2, 0.25) is 0 Å². The predicted molar refractivity (Wildman–Crippen MR) is 65.6 cm³/mol. The number of carbonyl (C=O) groups is 1. The van der Waals surface area contributed by atoms with E-state index in [1.165, 1.54) is 18.2 Å². The number of ether oxygens (including phenoxy) is 1. The van der Waals surface area contributed by atoms with Crippen molar-refractivity contribution in [1.82, 2.24) is 5.32 Å². The molecule has 1 amide bonds. The Balaban J connectivity index is 1.83. The monoisotopic (exact) mass is 251 g/mol. The summed E-state index contributed by atoms with van der Waals surface area (Å²) in [5, 5.41) is 21.3. The topological polar surface area (TPSA) is 78.8 Å². The SMILES string of the molecule is O=C(NCCC1CCOC1)c1cc(O)cc(O)c1. The van der Waals surface area contributed by atoms with Crippen molar-refractivity contribution in [2.45, 2.75) is 12.8 Å². The fourth-order valence-electron chi connectivity index (χ4n) is 2.03. The number of phenolic OH excluding ortho intramolecular Hbond substituents is 2. The van der Waals surface area contributed by atoms with Crippen LogP contribution in [0.15, 0.2) is 18.2 Å². The quantitative estimate of drug-likeness (QED) is 0.752. The number of aromatic hydroxyl groups is 2. The van der Waals surface area contributed by atoms with Crippen LogP contribution in [0.5, 0.6) is 11.5 Å². The Morgan fingerprint density at radius 3 is 2.67 bits per heavy atom. The summed E-state index contributed by atoms with van der Waals surface area (Å²) in [7, 11) is 0. The summed E-state index contributed by atoms with van der Waals surface area (Å²) >= 11 is 0. The number of hydrogen-bond acceptors (Lipinski definition) is 4. The Morgan fingerprint density at radius 2 is 2.06 bits per heavy atom. The van der Waals surface area contributed by atoms with Gasteiger partial charge >= 0.3 is 0 Å². The Morgan fingerprint density at radius 1 is 1.33 bits per heavy atom. The van der Waals surface area contributed by atoms with Gasteiger partial charge in [-0.1, -0.05) is 0 Å². The van der Waals surface area contributed by atoms with Crippen molar-refractivity contribution in [3.05, 3.63) is 23.8 Å². The lowest BCUT2D eigenvalue weighted by Gasteiger charge is -2.09. The molecule has 5 heteroatoms. The first-order chi connectivity index (χ1) is 8.65. The van der Waals surface area contributed by atoms with Crippen LogP contribution in [0, 0.1) is 5.92 Å². The summed E-state index contributed by atoms with van der Waals surface area (Å²) in [4.78, 5) is 11.8. The zero-order valence-corrected chi connectivity index (χ0v) is 10.1. The second-order valence-electron chi connectivity index (χ2n) is 4.51. The van der Waals surface area contributed by atoms with Crippen molar-refractivity contribution in [3.8, 4) is 11.5 Å². The van der Waals surface area contributed by atoms with E-state index in [1.54, 1.807) is 0 Å². The molecule has 1 aromatic rings. The van der Waals surface area contributed by atoms with Gasteiger partial charge in [-0.2, -0.15) is 0 Å². The fourth-order valence-corrected chi connectivity index (χ4v) is 2.03. The molecule has 1 aliphatic heterocycles. The maximum atomic E-state index is 11.8.